The fourth-order valence-corrected chi connectivity index (χ4v) is 2.93. The SMILES string of the molecule is Cc1nc2ccc(Br)cc2cc1C(CCN)C(=O)OC(C)(C)C. The molecule has 0 radical (unpaired) electrons. The Hall–Kier alpha value is -1.46. The molecule has 4 nitrogen and oxygen atoms in total. The number of aromatic nitrogens is 1. The molecule has 0 aliphatic heterocycles. The van der Waals surface area contributed by atoms with Crippen molar-refractivity contribution in [3.8, 4) is 0 Å². The molecule has 0 fully saturated rings. The van der Waals surface area contributed by atoms with Crippen LogP contribution in [0, 0.1) is 6.92 Å². The molecule has 0 amide bonds. The van der Waals surface area contributed by atoms with Crippen molar-refractivity contribution in [2.24, 2.45) is 5.73 Å². The number of halogens is 1. The van der Waals surface area contributed by atoms with E-state index in [2.05, 4.69) is 20.9 Å². The average Bonchev–Trinajstić information content (AvgIpc) is 2.43. The van der Waals surface area contributed by atoms with E-state index in [9.17, 15) is 4.79 Å². The summed E-state index contributed by atoms with van der Waals surface area (Å²) in [5.41, 5.74) is 7.83. The average molecular weight is 379 g/mol. The first-order valence-electron chi connectivity index (χ1n) is 7.71. The van der Waals surface area contributed by atoms with Crippen molar-refractivity contribution in [1.29, 1.82) is 0 Å². The van der Waals surface area contributed by atoms with Gasteiger partial charge in [0.25, 0.3) is 0 Å². The van der Waals surface area contributed by atoms with Gasteiger partial charge in [-0.2, -0.15) is 0 Å². The molecule has 0 aliphatic carbocycles. The van der Waals surface area contributed by atoms with Crippen LogP contribution in [0.5, 0.6) is 0 Å². The number of nitrogens with two attached hydrogens (primary N) is 1. The maximum absolute atomic E-state index is 12.6. The minimum Gasteiger partial charge on any atom is -0.459 e. The summed E-state index contributed by atoms with van der Waals surface area (Å²) in [5, 5.41) is 0.991. The Morgan fingerprint density at radius 2 is 2.04 bits per heavy atom. The summed E-state index contributed by atoms with van der Waals surface area (Å²) in [7, 11) is 0. The standard InChI is InChI=1S/C18H23BrN2O2/c1-11-15(10-12-9-13(19)5-6-16(12)21-11)14(7-8-20)17(22)23-18(2,3)4/h5-6,9-10,14H,7-8,20H2,1-4H3. The molecule has 2 aromatic rings. The van der Waals surface area contributed by atoms with Gasteiger partial charge in [-0.3, -0.25) is 9.78 Å². The third-order valence-corrected chi connectivity index (χ3v) is 4.02. The molecule has 124 valence electrons. The van der Waals surface area contributed by atoms with Gasteiger partial charge >= 0.3 is 5.97 Å². The lowest BCUT2D eigenvalue weighted by Crippen LogP contribution is -2.29. The third kappa shape index (κ3) is 4.52. The highest BCUT2D eigenvalue weighted by molar-refractivity contribution is 9.10. The van der Waals surface area contributed by atoms with Crippen LogP contribution in [0.15, 0.2) is 28.7 Å². The molecule has 1 aromatic heterocycles. The lowest BCUT2D eigenvalue weighted by Gasteiger charge is -2.24. The predicted octanol–water partition coefficient (Wildman–Crippen LogP) is 4.08. The minimum atomic E-state index is -0.523. The summed E-state index contributed by atoms with van der Waals surface area (Å²) in [5.74, 6) is -0.641. The normalized spacial score (nSPS) is 13.1. The van der Waals surface area contributed by atoms with Gasteiger partial charge in [0.15, 0.2) is 0 Å². The lowest BCUT2D eigenvalue weighted by atomic mass is 9.93. The van der Waals surface area contributed by atoms with E-state index in [4.69, 9.17) is 10.5 Å². The zero-order chi connectivity index (χ0) is 17.2. The molecule has 5 heteroatoms. The lowest BCUT2D eigenvalue weighted by molar-refractivity contribution is -0.156. The van der Waals surface area contributed by atoms with E-state index < -0.39 is 11.5 Å². The van der Waals surface area contributed by atoms with Gasteiger partial charge in [-0.05, 0) is 70.5 Å². The zero-order valence-corrected chi connectivity index (χ0v) is 15.6. The molecule has 0 saturated carbocycles. The van der Waals surface area contributed by atoms with E-state index in [1.807, 2.05) is 52.0 Å². The molecule has 1 heterocycles. The second kappa shape index (κ2) is 6.97. The zero-order valence-electron chi connectivity index (χ0n) is 14.0. The van der Waals surface area contributed by atoms with E-state index in [0.29, 0.717) is 13.0 Å². The first kappa shape index (κ1) is 17.9. The Bertz CT molecular complexity index is 723. The van der Waals surface area contributed by atoms with Crippen LogP contribution < -0.4 is 5.73 Å². The molecule has 0 aliphatic rings. The van der Waals surface area contributed by atoms with Crippen LogP contribution in [0.25, 0.3) is 10.9 Å². The number of ether oxygens (including phenoxy) is 1. The highest BCUT2D eigenvalue weighted by atomic mass is 79.9. The molecular formula is C18H23BrN2O2. The summed E-state index contributed by atoms with van der Waals surface area (Å²) < 4.78 is 6.55. The Labute approximate surface area is 145 Å². The highest BCUT2D eigenvalue weighted by Gasteiger charge is 2.28. The topological polar surface area (TPSA) is 65.2 Å². The van der Waals surface area contributed by atoms with Crippen LogP contribution in [-0.4, -0.2) is 23.1 Å². The number of rotatable bonds is 4. The summed E-state index contributed by atoms with van der Waals surface area (Å²) in [6.07, 6.45) is 0.539. The summed E-state index contributed by atoms with van der Waals surface area (Å²) in [6.45, 7) is 7.94. The monoisotopic (exact) mass is 378 g/mol. The van der Waals surface area contributed by atoms with E-state index in [1.54, 1.807) is 0 Å². The number of carbonyl (C=O) groups is 1. The number of benzene rings is 1. The van der Waals surface area contributed by atoms with Gasteiger partial charge in [-0.1, -0.05) is 15.9 Å². The van der Waals surface area contributed by atoms with Crippen molar-refractivity contribution in [3.05, 3.63) is 40.0 Å². The van der Waals surface area contributed by atoms with Gasteiger partial charge in [-0.25, -0.2) is 0 Å². The molecule has 0 spiro atoms. The molecule has 1 aromatic carbocycles. The number of pyridine rings is 1. The summed E-state index contributed by atoms with van der Waals surface area (Å²) >= 11 is 3.47. The first-order chi connectivity index (χ1) is 10.7. The van der Waals surface area contributed by atoms with Gasteiger partial charge < -0.3 is 10.5 Å². The van der Waals surface area contributed by atoms with Gasteiger partial charge in [0.05, 0.1) is 11.4 Å². The van der Waals surface area contributed by atoms with Gasteiger partial charge in [-0.15, -0.1) is 0 Å². The third-order valence-electron chi connectivity index (χ3n) is 3.53. The number of esters is 1. The van der Waals surface area contributed by atoms with Crippen molar-refractivity contribution in [3.63, 3.8) is 0 Å². The minimum absolute atomic E-state index is 0.248. The Morgan fingerprint density at radius 3 is 2.65 bits per heavy atom. The molecule has 1 atom stereocenters. The summed E-state index contributed by atoms with van der Waals surface area (Å²) in [4.78, 5) is 17.2. The number of hydrogen-bond donors (Lipinski definition) is 1. The van der Waals surface area contributed by atoms with Crippen LogP contribution in [0.3, 0.4) is 0 Å². The van der Waals surface area contributed by atoms with E-state index in [-0.39, 0.29) is 5.97 Å². The second-order valence-electron chi connectivity index (χ2n) is 6.66. The molecule has 0 bridgehead atoms. The van der Waals surface area contributed by atoms with Crippen molar-refractivity contribution >= 4 is 32.8 Å². The number of hydrogen-bond acceptors (Lipinski definition) is 4. The summed E-state index contributed by atoms with van der Waals surface area (Å²) in [6, 6.07) is 7.94. The van der Waals surface area contributed by atoms with E-state index >= 15 is 0 Å². The number of fused-ring (bicyclic) bond motifs is 1. The number of aryl methyl sites for hydroxylation is 1. The van der Waals surface area contributed by atoms with E-state index in [1.165, 1.54) is 0 Å². The fourth-order valence-electron chi connectivity index (χ4n) is 2.55. The highest BCUT2D eigenvalue weighted by Crippen LogP contribution is 2.29. The van der Waals surface area contributed by atoms with Gasteiger partial charge in [0, 0.05) is 15.6 Å². The number of nitrogens with zero attached hydrogens (tertiary/aromatic N) is 1. The Morgan fingerprint density at radius 1 is 1.35 bits per heavy atom. The van der Waals surface area contributed by atoms with Gasteiger partial charge in [0.2, 0.25) is 0 Å². The maximum atomic E-state index is 12.6. The quantitative estimate of drug-likeness (QED) is 0.813. The van der Waals surface area contributed by atoms with Crippen LogP contribution in [-0.2, 0) is 9.53 Å². The molecule has 0 saturated heterocycles. The molecular weight excluding hydrogens is 356 g/mol. The van der Waals surface area contributed by atoms with Crippen LogP contribution in [0.1, 0.15) is 44.4 Å². The Kier molecular flexibility index (Phi) is 5.42. The number of carbonyl (C=O) groups excluding carboxylic acids is 1. The van der Waals surface area contributed by atoms with E-state index in [0.717, 1.165) is 26.6 Å². The molecule has 2 N–H and O–H groups in total. The molecule has 23 heavy (non-hydrogen) atoms. The second-order valence-corrected chi connectivity index (χ2v) is 7.58. The van der Waals surface area contributed by atoms with Crippen molar-refractivity contribution < 1.29 is 9.53 Å². The van der Waals surface area contributed by atoms with Crippen molar-refractivity contribution in [2.45, 2.75) is 45.6 Å². The fraction of sp³-hybridized carbons (Fsp3) is 0.444. The van der Waals surface area contributed by atoms with Crippen molar-refractivity contribution in [1.82, 2.24) is 4.98 Å². The Balaban J connectivity index is 2.47. The predicted molar refractivity (Wildman–Crippen MR) is 96.4 cm³/mol. The van der Waals surface area contributed by atoms with Crippen LogP contribution >= 0.6 is 15.9 Å². The largest absolute Gasteiger partial charge is 0.459 e. The molecule has 1 unspecified atom stereocenters. The van der Waals surface area contributed by atoms with Crippen LogP contribution in [0.2, 0.25) is 0 Å². The van der Waals surface area contributed by atoms with Gasteiger partial charge in [0.1, 0.15) is 5.60 Å². The van der Waals surface area contributed by atoms with Crippen LogP contribution in [0.4, 0.5) is 0 Å². The molecule has 2 rings (SSSR count). The maximum Gasteiger partial charge on any atom is 0.314 e. The van der Waals surface area contributed by atoms with Crippen molar-refractivity contribution in [2.75, 3.05) is 6.54 Å². The smallest absolute Gasteiger partial charge is 0.314 e. The first-order valence-corrected chi connectivity index (χ1v) is 8.50.